The normalized spacial score (nSPS) is 14.0. The molecule has 20 heavy (non-hydrogen) atoms. The van der Waals surface area contributed by atoms with Crippen molar-refractivity contribution in [2.75, 3.05) is 11.9 Å². The van der Waals surface area contributed by atoms with Gasteiger partial charge >= 0.3 is 6.03 Å². The highest BCUT2D eigenvalue weighted by molar-refractivity contribution is 5.91. The van der Waals surface area contributed by atoms with Gasteiger partial charge in [0, 0.05) is 18.7 Å². The largest absolute Gasteiger partial charge is 0.347 e. The van der Waals surface area contributed by atoms with E-state index in [0.717, 1.165) is 34.6 Å². The summed E-state index contributed by atoms with van der Waals surface area (Å²) in [6, 6.07) is 5.96. The van der Waals surface area contributed by atoms with Crippen molar-refractivity contribution in [2.24, 2.45) is 0 Å². The second-order valence-corrected chi connectivity index (χ2v) is 5.20. The lowest BCUT2D eigenvalue weighted by atomic mass is 10.1. The first kappa shape index (κ1) is 12.7. The fourth-order valence-electron chi connectivity index (χ4n) is 2.58. The Morgan fingerprint density at radius 2 is 2.10 bits per heavy atom. The van der Waals surface area contributed by atoms with E-state index in [1.807, 2.05) is 36.9 Å². The van der Waals surface area contributed by atoms with Crippen LogP contribution in [0, 0.1) is 13.8 Å². The Bertz CT molecular complexity index is 627. The summed E-state index contributed by atoms with van der Waals surface area (Å²) in [7, 11) is 0. The van der Waals surface area contributed by atoms with Crippen LogP contribution in [0.3, 0.4) is 0 Å². The molecule has 0 fully saturated rings. The monoisotopic (exact) mass is 270 g/mol. The Balaban J connectivity index is 1.75. The number of urea groups is 1. The van der Waals surface area contributed by atoms with Gasteiger partial charge in [-0.3, -0.25) is 0 Å². The summed E-state index contributed by atoms with van der Waals surface area (Å²) in [6.45, 7) is 5.30. The zero-order valence-corrected chi connectivity index (χ0v) is 11.7. The van der Waals surface area contributed by atoms with E-state index >= 15 is 0 Å². The highest BCUT2D eigenvalue weighted by Crippen LogP contribution is 2.21. The molecule has 5 nitrogen and oxygen atoms in total. The summed E-state index contributed by atoms with van der Waals surface area (Å²) in [5.41, 5.74) is 5.18. The Hall–Kier alpha value is -2.30. The van der Waals surface area contributed by atoms with Crippen molar-refractivity contribution >= 4 is 11.7 Å². The van der Waals surface area contributed by atoms with Gasteiger partial charge in [-0.25, -0.2) is 9.78 Å². The predicted molar refractivity (Wildman–Crippen MR) is 77.6 cm³/mol. The number of hydrogen-bond acceptors (Lipinski definition) is 2. The average molecular weight is 270 g/mol. The number of aromatic nitrogens is 2. The molecule has 0 spiro atoms. The molecule has 0 saturated carbocycles. The second-order valence-electron chi connectivity index (χ2n) is 5.20. The number of nitrogens with one attached hydrogen (secondary N) is 2. The molecule has 1 aromatic carbocycles. The number of H-pyrrole nitrogens is 1. The highest BCUT2D eigenvalue weighted by atomic mass is 16.2. The van der Waals surface area contributed by atoms with Gasteiger partial charge in [-0.15, -0.1) is 0 Å². The van der Waals surface area contributed by atoms with Gasteiger partial charge in [0.1, 0.15) is 0 Å². The number of nitrogens with zero attached hydrogens (tertiary/aromatic N) is 2. The summed E-state index contributed by atoms with van der Waals surface area (Å²) in [4.78, 5) is 21.5. The summed E-state index contributed by atoms with van der Waals surface area (Å²) in [5, 5.41) is 3.02. The number of carbonyl (C=O) groups excluding carboxylic acids is 1. The van der Waals surface area contributed by atoms with Gasteiger partial charge in [-0.2, -0.15) is 0 Å². The van der Waals surface area contributed by atoms with E-state index in [9.17, 15) is 4.79 Å². The Morgan fingerprint density at radius 3 is 2.85 bits per heavy atom. The highest BCUT2D eigenvalue weighted by Gasteiger charge is 2.22. The van der Waals surface area contributed by atoms with Crippen LogP contribution in [0.15, 0.2) is 24.5 Å². The summed E-state index contributed by atoms with van der Waals surface area (Å²) in [5.74, 6) is 0. The van der Waals surface area contributed by atoms with Crippen molar-refractivity contribution in [3.63, 3.8) is 0 Å². The van der Waals surface area contributed by atoms with Gasteiger partial charge in [0.05, 0.1) is 24.3 Å². The first-order valence-electron chi connectivity index (χ1n) is 6.78. The molecule has 2 amide bonds. The number of fused-ring (bicyclic) bond motifs is 1. The number of aromatic amines is 1. The number of amides is 2. The van der Waals surface area contributed by atoms with Crippen LogP contribution in [0.2, 0.25) is 0 Å². The quantitative estimate of drug-likeness (QED) is 0.836. The fourth-order valence-corrected chi connectivity index (χ4v) is 2.58. The number of para-hydroxylation sites is 1. The molecule has 3 rings (SSSR count). The van der Waals surface area contributed by atoms with Crippen molar-refractivity contribution < 1.29 is 4.79 Å². The van der Waals surface area contributed by atoms with Gasteiger partial charge in [-0.1, -0.05) is 18.2 Å². The molecule has 0 bridgehead atoms. The van der Waals surface area contributed by atoms with E-state index in [4.69, 9.17) is 0 Å². The molecule has 5 heteroatoms. The number of hydrogen-bond donors (Lipinski definition) is 2. The van der Waals surface area contributed by atoms with E-state index in [-0.39, 0.29) is 6.03 Å². The summed E-state index contributed by atoms with van der Waals surface area (Å²) >= 11 is 0. The molecule has 2 heterocycles. The molecule has 0 aliphatic carbocycles. The lowest BCUT2D eigenvalue weighted by Gasteiger charge is -2.27. The van der Waals surface area contributed by atoms with Gasteiger partial charge in [0.15, 0.2) is 0 Å². The topological polar surface area (TPSA) is 61.0 Å². The van der Waals surface area contributed by atoms with E-state index in [1.165, 1.54) is 0 Å². The number of benzene rings is 1. The second kappa shape index (κ2) is 5.00. The fraction of sp³-hybridized carbons (Fsp3) is 0.333. The summed E-state index contributed by atoms with van der Waals surface area (Å²) in [6.07, 6.45) is 2.50. The molecule has 2 aromatic rings. The van der Waals surface area contributed by atoms with E-state index in [2.05, 4.69) is 15.3 Å². The molecule has 1 aromatic heterocycles. The third-order valence-electron chi connectivity index (χ3n) is 3.78. The van der Waals surface area contributed by atoms with Crippen molar-refractivity contribution in [3.8, 4) is 0 Å². The number of aryl methyl sites for hydroxylation is 2. The number of anilines is 1. The van der Waals surface area contributed by atoms with Crippen molar-refractivity contribution in [3.05, 3.63) is 47.0 Å². The average Bonchev–Trinajstić information content (AvgIpc) is 2.90. The maximum Gasteiger partial charge on any atom is 0.322 e. The van der Waals surface area contributed by atoms with Gasteiger partial charge in [-0.05, 0) is 25.0 Å². The minimum absolute atomic E-state index is 0.0531. The number of imidazole rings is 1. The Labute approximate surface area is 118 Å². The van der Waals surface area contributed by atoms with E-state index in [0.29, 0.717) is 13.1 Å². The first-order chi connectivity index (χ1) is 9.65. The third-order valence-corrected chi connectivity index (χ3v) is 3.78. The van der Waals surface area contributed by atoms with Crippen LogP contribution in [-0.2, 0) is 13.0 Å². The number of carbonyl (C=O) groups is 1. The minimum atomic E-state index is -0.0531. The van der Waals surface area contributed by atoms with Crippen LogP contribution in [-0.4, -0.2) is 27.4 Å². The molecule has 0 radical (unpaired) electrons. The predicted octanol–water partition coefficient (Wildman–Crippen LogP) is 2.62. The minimum Gasteiger partial charge on any atom is -0.347 e. The standard InChI is InChI=1S/C15H18N4O/c1-10-4-3-5-11(2)14(10)18-15(20)19-7-6-12-13(8-19)17-9-16-12/h3-5,9H,6-8H2,1-2H3,(H,16,17)(H,18,20). The van der Waals surface area contributed by atoms with Gasteiger partial charge in [0.25, 0.3) is 0 Å². The maximum absolute atomic E-state index is 12.4. The molecule has 104 valence electrons. The molecule has 0 unspecified atom stereocenters. The third kappa shape index (κ3) is 2.27. The molecule has 0 saturated heterocycles. The molecule has 1 aliphatic heterocycles. The zero-order valence-electron chi connectivity index (χ0n) is 11.7. The Morgan fingerprint density at radius 1 is 1.35 bits per heavy atom. The van der Waals surface area contributed by atoms with E-state index < -0.39 is 0 Å². The molecule has 1 aliphatic rings. The Kier molecular flexibility index (Phi) is 3.18. The van der Waals surface area contributed by atoms with Crippen LogP contribution in [0.4, 0.5) is 10.5 Å². The first-order valence-corrected chi connectivity index (χ1v) is 6.78. The molecular weight excluding hydrogens is 252 g/mol. The molecular formula is C15H18N4O. The van der Waals surface area contributed by atoms with Crippen LogP contribution in [0.1, 0.15) is 22.5 Å². The van der Waals surface area contributed by atoms with Crippen LogP contribution < -0.4 is 5.32 Å². The van der Waals surface area contributed by atoms with Crippen molar-refractivity contribution in [1.29, 1.82) is 0 Å². The van der Waals surface area contributed by atoms with E-state index in [1.54, 1.807) is 6.33 Å². The molecule has 2 N–H and O–H groups in total. The van der Waals surface area contributed by atoms with Crippen molar-refractivity contribution in [1.82, 2.24) is 14.9 Å². The summed E-state index contributed by atoms with van der Waals surface area (Å²) < 4.78 is 0. The van der Waals surface area contributed by atoms with Crippen LogP contribution in [0.5, 0.6) is 0 Å². The van der Waals surface area contributed by atoms with Gasteiger partial charge in [0.2, 0.25) is 0 Å². The smallest absolute Gasteiger partial charge is 0.322 e. The van der Waals surface area contributed by atoms with Gasteiger partial charge < -0.3 is 15.2 Å². The lowest BCUT2D eigenvalue weighted by Crippen LogP contribution is -2.39. The SMILES string of the molecule is Cc1cccc(C)c1NC(=O)N1CCc2nc[nH]c2C1. The van der Waals surface area contributed by atoms with Crippen molar-refractivity contribution in [2.45, 2.75) is 26.8 Å². The zero-order chi connectivity index (χ0) is 14.1. The maximum atomic E-state index is 12.4. The van der Waals surface area contributed by atoms with Crippen LogP contribution in [0.25, 0.3) is 0 Å². The number of rotatable bonds is 1. The van der Waals surface area contributed by atoms with Crippen LogP contribution >= 0.6 is 0 Å². The lowest BCUT2D eigenvalue weighted by molar-refractivity contribution is 0.205. The molecule has 0 atom stereocenters.